The van der Waals surface area contributed by atoms with Crippen molar-refractivity contribution < 1.29 is 9.53 Å². The molecule has 7 heteroatoms. The first kappa shape index (κ1) is 13.4. The molecule has 7 nitrogen and oxygen atoms in total. The second-order valence-electron chi connectivity index (χ2n) is 4.80. The molecule has 110 valence electrons. The van der Waals surface area contributed by atoms with Crippen LogP contribution in [0.15, 0.2) is 36.7 Å². The molecule has 0 N–H and O–H groups in total. The summed E-state index contributed by atoms with van der Waals surface area (Å²) in [6.45, 7) is 2.94. The largest absolute Gasteiger partial charge is 0.497 e. The van der Waals surface area contributed by atoms with Crippen molar-refractivity contribution >= 4 is 11.7 Å². The van der Waals surface area contributed by atoms with Crippen molar-refractivity contribution in [1.29, 1.82) is 0 Å². The highest BCUT2D eigenvalue weighted by Crippen LogP contribution is 2.20. The minimum atomic E-state index is -0.123. The third-order valence-electron chi connectivity index (χ3n) is 3.61. The van der Waals surface area contributed by atoms with E-state index in [4.69, 9.17) is 4.74 Å². The predicted octanol–water partition coefficient (Wildman–Crippen LogP) is 1.08. The van der Waals surface area contributed by atoms with E-state index in [9.17, 15) is 4.79 Å². The number of ether oxygens (including phenoxy) is 1. The highest BCUT2D eigenvalue weighted by Gasteiger charge is 2.22. The van der Waals surface area contributed by atoms with Crippen LogP contribution in [0.3, 0.4) is 0 Å². The van der Waals surface area contributed by atoms with E-state index in [1.165, 1.54) is 10.9 Å². The lowest BCUT2D eigenvalue weighted by Crippen LogP contribution is -2.50. The van der Waals surface area contributed by atoms with E-state index in [0.717, 1.165) is 24.5 Å². The van der Waals surface area contributed by atoms with Crippen LogP contribution in [-0.2, 0) is 0 Å². The molecule has 3 rings (SSSR count). The van der Waals surface area contributed by atoms with Crippen molar-refractivity contribution in [2.75, 3.05) is 38.2 Å². The molecule has 0 unspecified atom stereocenters. The molecule has 2 aromatic rings. The number of piperazine rings is 1. The average molecular weight is 287 g/mol. The van der Waals surface area contributed by atoms with E-state index in [-0.39, 0.29) is 6.03 Å². The van der Waals surface area contributed by atoms with Gasteiger partial charge < -0.3 is 14.5 Å². The van der Waals surface area contributed by atoms with Gasteiger partial charge in [0.05, 0.1) is 19.5 Å². The van der Waals surface area contributed by atoms with Crippen LogP contribution in [0, 0.1) is 0 Å². The number of hydrogen-bond acceptors (Lipinski definition) is 5. The molecule has 0 aliphatic carbocycles. The third-order valence-corrected chi connectivity index (χ3v) is 3.61. The normalized spacial score (nSPS) is 15.1. The maximum absolute atomic E-state index is 12.1. The van der Waals surface area contributed by atoms with Crippen molar-refractivity contribution in [1.82, 2.24) is 19.9 Å². The fourth-order valence-corrected chi connectivity index (χ4v) is 2.40. The fraction of sp³-hybridized carbons (Fsp3) is 0.357. The fourth-order valence-electron chi connectivity index (χ4n) is 2.40. The number of amides is 1. The van der Waals surface area contributed by atoms with Crippen molar-refractivity contribution in [3.63, 3.8) is 0 Å². The molecule has 1 saturated heterocycles. The van der Waals surface area contributed by atoms with Gasteiger partial charge in [0.1, 0.15) is 5.75 Å². The summed E-state index contributed by atoms with van der Waals surface area (Å²) in [5, 5.41) is 7.40. The van der Waals surface area contributed by atoms with Crippen molar-refractivity contribution in [3.8, 4) is 5.75 Å². The predicted molar refractivity (Wildman–Crippen MR) is 77.6 cm³/mol. The summed E-state index contributed by atoms with van der Waals surface area (Å²) in [5.41, 5.74) is 1.14. The Hall–Kier alpha value is -2.57. The Morgan fingerprint density at radius 2 is 1.86 bits per heavy atom. The molecule has 1 aliphatic rings. The maximum Gasteiger partial charge on any atom is 0.346 e. The lowest BCUT2D eigenvalue weighted by atomic mass is 10.2. The number of hydrogen-bond donors (Lipinski definition) is 0. The number of benzene rings is 1. The molecule has 0 atom stereocenters. The first-order chi connectivity index (χ1) is 10.3. The van der Waals surface area contributed by atoms with Gasteiger partial charge >= 0.3 is 6.03 Å². The van der Waals surface area contributed by atoms with Gasteiger partial charge in [0.15, 0.2) is 0 Å². The van der Waals surface area contributed by atoms with Gasteiger partial charge in [-0.15, -0.1) is 5.10 Å². The molecule has 0 radical (unpaired) electrons. The number of anilines is 1. The van der Waals surface area contributed by atoms with Gasteiger partial charge in [0.25, 0.3) is 0 Å². The van der Waals surface area contributed by atoms with Crippen LogP contribution in [0.2, 0.25) is 0 Å². The molecule has 1 aromatic carbocycles. The van der Waals surface area contributed by atoms with Crippen molar-refractivity contribution in [2.45, 2.75) is 0 Å². The highest BCUT2D eigenvalue weighted by molar-refractivity contribution is 5.76. The zero-order valence-electron chi connectivity index (χ0n) is 11.8. The Bertz CT molecular complexity index is 588. The summed E-state index contributed by atoms with van der Waals surface area (Å²) in [7, 11) is 1.66. The monoisotopic (exact) mass is 287 g/mol. The SMILES string of the molecule is COc1ccc(N2CCN(C(=O)n3ccnn3)CC2)cc1. The highest BCUT2D eigenvalue weighted by atomic mass is 16.5. The molecule has 1 aliphatic heterocycles. The van der Waals surface area contributed by atoms with E-state index < -0.39 is 0 Å². The van der Waals surface area contributed by atoms with Crippen LogP contribution in [0.5, 0.6) is 5.75 Å². The molecular formula is C14H17N5O2. The Morgan fingerprint density at radius 1 is 1.14 bits per heavy atom. The number of methoxy groups -OCH3 is 1. The molecule has 1 aromatic heterocycles. The first-order valence-corrected chi connectivity index (χ1v) is 6.82. The second kappa shape index (κ2) is 5.82. The quantitative estimate of drug-likeness (QED) is 0.827. The minimum absolute atomic E-state index is 0.123. The average Bonchev–Trinajstić information content (AvgIpc) is 3.09. The summed E-state index contributed by atoms with van der Waals surface area (Å²) in [6, 6.07) is 7.84. The Kier molecular flexibility index (Phi) is 3.72. The zero-order chi connectivity index (χ0) is 14.7. The number of carbonyl (C=O) groups is 1. The van der Waals surface area contributed by atoms with Crippen LogP contribution in [0.1, 0.15) is 0 Å². The topological polar surface area (TPSA) is 63.5 Å². The van der Waals surface area contributed by atoms with Crippen LogP contribution in [-0.4, -0.2) is 59.2 Å². The smallest absolute Gasteiger partial charge is 0.346 e. The molecule has 21 heavy (non-hydrogen) atoms. The Balaban J connectivity index is 1.60. The summed E-state index contributed by atoms with van der Waals surface area (Å²) in [6.07, 6.45) is 3.07. The zero-order valence-corrected chi connectivity index (χ0v) is 11.8. The standard InChI is InChI=1S/C14H17N5O2/c1-21-13-4-2-12(3-5-13)17-8-10-18(11-9-17)14(20)19-7-6-15-16-19/h2-7H,8-11H2,1H3. The van der Waals surface area contributed by atoms with Gasteiger partial charge in [-0.3, -0.25) is 0 Å². The van der Waals surface area contributed by atoms with Crippen molar-refractivity contribution in [3.05, 3.63) is 36.7 Å². The number of aromatic nitrogens is 3. The third kappa shape index (κ3) is 2.81. The van der Waals surface area contributed by atoms with E-state index in [2.05, 4.69) is 15.2 Å². The van der Waals surface area contributed by atoms with Crippen molar-refractivity contribution in [2.24, 2.45) is 0 Å². The Morgan fingerprint density at radius 3 is 2.43 bits per heavy atom. The van der Waals surface area contributed by atoms with Crippen LogP contribution in [0.25, 0.3) is 0 Å². The summed E-state index contributed by atoms with van der Waals surface area (Å²) in [5.74, 6) is 0.846. The van der Waals surface area contributed by atoms with Gasteiger partial charge in [0.2, 0.25) is 0 Å². The van der Waals surface area contributed by atoms with Gasteiger partial charge in [0, 0.05) is 31.9 Å². The van der Waals surface area contributed by atoms with E-state index in [1.54, 1.807) is 18.2 Å². The lowest BCUT2D eigenvalue weighted by molar-refractivity contribution is 0.192. The molecule has 2 heterocycles. The minimum Gasteiger partial charge on any atom is -0.497 e. The van der Waals surface area contributed by atoms with Gasteiger partial charge in [-0.1, -0.05) is 5.21 Å². The molecule has 1 fully saturated rings. The van der Waals surface area contributed by atoms with E-state index in [1.807, 2.05) is 24.3 Å². The maximum atomic E-state index is 12.1. The summed E-state index contributed by atoms with van der Waals surface area (Å²) >= 11 is 0. The van der Waals surface area contributed by atoms with Gasteiger partial charge in [-0.2, -0.15) is 4.68 Å². The van der Waals surface area contributed by atoms with Crippen LogP contribution >= 0.6 is 0 Å². The number of carbonyl (C=O) groups excluding carboxylic acids is 1. The van der Waals surface area contributed by atoms with E-state index in [0.29, 0.717) is 13.1 Å². The summed E-state index contributed by atoms with van der Waals surface area (Å²) < 4.78 is 6.43. The lowest BCUT2D eigenvalue weighted by Gasteiger charge is -2.35. The number of rotatable bonds is 2. The second-order valence-corrected chi connectivity index (χ2v) is 4.80. The van der Waals surface area contributed by atoms with Gasteiger partial charge in [-0.05, 0) is 24.3 Å². The molecule has 0 saturated carbocycles. The number of nitrogens with zero attached hydrogens (tertiary/aromatic N) is 5. The molecule has 0 spiro atoms. The summed E-state index contributed by atoms with van der Waals surface area (Å²) in [4.78, 5) is 16.2. The van der Waals surface area contributed by atoms with Crippen LogP contribution in [0.4, 0.5) is 10.5 Å². The van der Waals surface area contributed by atoms with E-state index >= 15 is 0 Å². The van der Waals surface area contributed by atoms with Crippen LogP contribution < -0.4 is 9.64 Å². The molecule has 1 amide bonds. The molecule has 0 bridgehead atoms. The molecular weight excluding hydrogens is 270 g/mol. The Labute approximate surface area is 122 Å². The van der Waals surface area contributed by atoms with Gasteiger partial charge in [-0.25, -0.2) is 4.79 Å². The first-order valence-electron chi connectivity index (χ1n) is 6.82.